The summed E-state index contributed by atoms with van der Waals surface area (Å²) in [7, 11) is 0. The van der Waals surface area contributed by atoms with E-state index in [1.54, 1.807) is 31.0 Å². The number of ketones is 1. The second-order valence-corrected chi connectivity index (χ2v) is 8.35. The zero-order chi connectivity index (χ0) is 24.1. The summed E-state index contributed by atoms with van der Waals surface area (Å²) in [5, 5.41) is 27.2. The van der Waals surface area contributed by atoms with Gasteiger partial charge in [0.25, 0.3) is 5.91 Å². The Balaban J connectivity index is 1.78. The maximum absolute atomic E-state index is 13.5. The minimum Gasteiger partial charge on any atom is -0.478 e. The number of hydrogen-bond donors (Lipinski definition) is 2. The largest absolute Gasteiger partial charge is 0.478 e. The van der Waals surface area contributed by atoms with Gasteiger partial charge in [0, 0.05) is 18.3 Å². The highest BCUT2D eigenvalue weighted by Gasteiger charge is 2.58. The monoisotopic (exact) mass is 458 g/mol. The van der Waals surface area contributed by atoms with Crippen LogP contribution in [0, 0.1) is 19.7 Å². The van der Waals surface area contributed by atoms with Gasteiger partial charge in [0.1, 0.15) is 17.2 Å². The van der Waals surface area contributed by atoms with Crippen molar-refractivity contribution < 1.29 is 33.5 Å². The number of aryl methyl sites for hydroxylation is 2. The molecule has 2 atom stereocenters. The number of hydrazine groups is 1. The average Bonchev–Trinajstić information content (AvgIpc) is 3.08. The van der Waals surface area contributed by atoms with E-state index in [1.807, 2.05) is 0 Å². The van der Waals surface area contributed by atoms with Gasteiger partial charge in [-0.25, -0.2) is 9.18 Å². The highest BCUT2D eigenvalue weighted by atomic mass is 19.1. The van der Waals surface area contributed by atoms with E-state index in [1.165, 1.54) is 29.0 Å². The molecule has 2 N–H and O–H groups in total. The van der Waals surface area contributed by atoms with Gasteiger partial charge in [-0.15, -0.1) is 0 Å². The molecule has 2 aromatic rings. The lowest BCUT2D eigenvalue weighted by Gasteiger charge is -2.55. The van der Waals surface area contributed by atoms with Crippen LogP contribution in [-0.4, -0.2) is 66.3 Å². The number of aliphatic hydroxyl groups excluding tert-OH is 1. The van der Waals surface area contributed by atoms with Crippen molar-refractivity contribution in [2.24, 2.45) is 0 Å². The predicted octanol–water partition coefficient (Wildman–Crippen LogP) is 1.12. The summed E-state index contributed by atoms with van der Waals surface area (Å²) < 4.78 is 18.6. The second-order valence-electron chi connectivity index (χ2n) is 8.35. The van der Waals surface area contributed by atoms with Crippen molar-refractivity contribution in [3.8, 4) is 0 Å². The Morgan fingerprint density at radius 1 is 1.24 bits per heavy atom. The molecule has 0 spiro atoms. The number of hydrogen-bond acceptors (Lipinski definition) is 8. The third-order valence-electron chi connectivity index (χ3n) is 6.17. The van der Waals surface area contributed by atoms with Gasteiger partial charge in [-0.1, -0.05) is 17.3 Å². The SMILES string of the molecule is Cc1noc(C)c1CN1CN(Cc2ccc(F)cc2)C(=O)[C@]2(C)C(O)C(=O)C(C(=O)O)=CN12. The van der Waals surface area contributed by atoms with Crippen LogP contribution in [0.5, 0.6) is 0 Å². The smallest absolute Gasteiger partial charge is 0.340 e. The fraction of sp³-hybridized carbons (Fsp3) is 0.364. The van der Waals surface area contributed by atoms with Gasteiger partial charge in [0.05, 0.1) is 18.9 Å². The molecule has 2 aliphatic rings. The summed E-state index contributed by atoms with van der Waals surface area (Å²) >= 11 is 0. The first kappa shape index (κ1) is 22.6. The quantitative estimate of drug-likeness (QED) is 0.634. The van der Waals surface area contributed by atoms with Crippen LogP contribution in [-0.2, 0) is 27.5 Å². The fourth-order valence-electron chi connectivity index (χ4n) is 4.22. The third kappa shape index (κ3) is 3.68. The molecule has 1 saturated heterocycles. The van der Waals surface area contributed by atoms with E-state index in [0.717, 1.165) is 11.8 Å². The minimum absolute atomic E-state index is 0.0141. The van der Waals surface area contributed by atoms with E-state index >= 15 is 0 Å². The summed E-state index contributed by atoms with van der Waals surface area (Å²) in [6.07, 6.45) is -0.827. The summed E-state index contributed by atoms with van der Waals surface area (Å²) in [6.45, 7) is 5.16. The Kier molecular flexibility index (Phi) is 5.54. The number of fused-ring (bicyclic) bond motifs is 1. The summed E-state index contributed by atoms with van der Waals surface area (Å²) in [5.41, 5.74) is -0.411. The molecule has 0 radical (unpaired) electrons. The molecule has 1 aromatic carbocycles. The van der Waals surface area contributed by atoms with E-state index in [2.05, 4.69) is 5.16 Å². The first-order valence-corrected chi connectivity index (χ1v) is 10.2. The zero-order valence-corrected chi connectivity index (χ0v) is 18.3. The lowest BCUT2D eigenvalue weighted by molar-refractivity contribution is -0.205. The Labute approximate surface area is 188 Å². The Hall–Kier alpha value is -3.57. The average molecular weight is 458 g/mol. The van der Waals surface area contributed by atoms with Gasteiger partial charge in [-0.3, -0.25) is 14.6 Å². The van der Waals surface area contributed by atoms with Gasteiger partial charge in [0.2, 0.25) is 5.78 Å². The number of nitrogens with zero attached hydrogens (tertiary/aromatic N) is 4. The van der Waals surface area contributed by atoms with Gasteiger partial charge >= 0.3 is 5.97 Å². The number of halogens is 1. The van der Waals surface area contributed by atoms with Crippen molar-refractivity contribution >= 4 is 17.7 Å². The Morgan fingerprint density at radius 2 is 1.91 bits per heavy atom. The molecule has 33 heavy (non-hydrogen) atoms. The molecule has 4 rings (SSSR count). The van der Waals surface area contributed by atoms with Crippen LogP contribution in [0.4, 0.5) is 4.39 Å². The minimum atomic E-state index is -1.91. The number of rotatable bonds is 5. The van der Waals surface area contributed by atoms with Gasteiger partial charge in [0.15, 0.2) is 11.6 Å². The van der Waals surface area contributed by atoms with Crippen LogP contribution in [0.2, 0.25) is 0 Å². The number of aliphatic carboxylic acids is 1. The van der Waals surface area contributed by atoms with Crippen LogP contribution in [0.3, 0.4) is 0 Å². The van der Waals surface area contributed by atoms with E-state index < -0.39 is 40.7 Å². The van der Waals surface area contributed by atoms with Crippen molar-refractivity contribution in [1.82, 2.24) is 20.1 Å². The summed E-state index contributed by atoms with van der Waals surface area (Å²) in [5.74, 6) is -2.98. The number of aliphatic hydroxyl groups is 1. The molecule has 0 aliphatic carbocycles. The molecule has 1 unspecified atom stereocenters. The van der Waals surface area contributed by atoms with Crippen LogP contribution in [0.1, 0.15) is 29.5 Å². The summed E-state index contributed by atoms with van der Waals surface area (Å²) in [6, 6.07) is 5.64. The third-order valence-corrected chi connectivity index (χ3v) is 6.17. The van der Waals surface area contributed by atoms with E-state index in [9.17, 15) is 29.0 Å². The van der Waals surface area contributed by atoms with Gasteiger partial charge < -0.3 is 19.6 Å². The van der Waals surface area contributed by atoms with Crippen molar-refractivity contribution in [2.75, 3.05) is 6.67 Å². The molecule has 3 heterocycles. The number of benzene rings is 1. The molecule has 1 fully saturated rings. The maximum Gasteiger partial charge on any atom is 0.340 e. The lowest BCUT2D eigenvalue weighted by Crippen LogP contribution is -2.75. The Morgan fingerprint density at radius 3 is 2.48 bits per heavy atom. The zero-order valence-electron chi connectivity index (χ0n) is 18.3. The molecule has 0 saturated carbocycles. The number of carboxylic acids is 1. The molecule has 0 bridgehead atoms. The standard InChI is InChI=1S/C22H23FN4O6/c1-12-16(13(2)33-24-12)9-26-11-25(8-14-4-6-15(23)7-5-14)21(32)22(3)19(29)18(28)17(20(30)31)10-27(22)26/h4-7,10,19,29H,8-9,11H2,1-3H3,(H,30,31)/t19?,22-/m0/s1. The number of carbonyl (C=O) groups is 3. The number of carbonyl (C=O) groups excluding carboxylic acids is 2. The topological polar surface area (TPSA) is 127 Å². The van der Waals surface area contributed by atoms with E-state index in [4.69, 9.17) is 4.52 Å². The van der Waals surface area contributed by atoms with Crippen molar-refractivity contribution in [1.29, 1.82) is 0 Å². The molecule has 1 amide bonds. The van der Waals surface area contributed by atoms with Crippen molar-refractivity contribution in [3.05, 3.63) is 64.4 Å². The summed E-state index contributed by atoms with van der Waals surface area (Å²) in [4.78, 5) is 39.2. The van der Waals surface area contributed by atoms with Crippen LogP contribution in [0.15, 0.2) is 40.6 Å². The van der Waals surface area contributed by atoms with Gasteiger partial charge in [-0.2, -0.15) is 5.01 Å². The van der Waals surface area contributed by atoms with Crippen LogP contribution >= 0.6 is 0 Å². The molecule has 2 aliphatic heterocycles. The number of aromatic nitrogens is 1. The normalized spacial score (nSPS) is 23.5. The van der Waals surface area contributed by atoms with E-state index in [-0.39, 0.29) is 19.8 Å². The van der Waals surface area contributed by atoms with Crippen LogP contribution in [0.25, 0.3) is 0 Å². The second kappa shape index (κ2) is 8.09. The van der Waals surface area contributed by atoms with Crippen molar-refractivity contribution in [2.45, 2.75) is 45.5 Å². The van der Waals surface area contributed by atoms with Crippen molar-refractivity contribution in [3.63, 3.8) is 0 Å². The fourth-order valence-corrected chi connectivity index (χ4v) is 4.22. The first-order chi connectivity index (χ1) is 15.5. The van der Waals surface area contributed by atoms with E-state index in [0.29, 0.717) is 17.0 Å². The maximum atomic E-state index is 13.5. The van der Waals surface area contributed by atoms with Gasteiger partial charge in [-0.05, 0) is 38.5 Å². The predicted molar refractivity (Wildman–Crippen MR) is 110 cm³/mol. The molecule has 174 valence electrons. The highest BCUT2D eigenvalue weighted by molar-refractivity contribution is 6.20. The molecular weight excluding hydrogens is 435 g/mol. The number of amides is 1. The lowest BCUT2D eigenvalue weighted by atomic mass is 9.83. The molecular formula is C22H23FN4O6. The first-order valence-electron chi connectivity index (χ1n) is 10.2. The Bertz CT molecular complexity index is 1140. The molecule has 10 nitrogen and oxygen atoms in total. The number of Topliss-reactive ketones (excluding diaryl/α,β-unsaturated/α-hetero) is 1. The molecule has 11 heteroatoms. The van der Waals surface area contributed by atoms with Crippen LogP contribution < -0.4 is 0 Å². The molecule has 1 aromatic heterocycles. The highest BCUT2D eigenvalue weighted by Crippen LogP contribution is 2.37. The number of carboxylic acid groups (broad SMARTS) is 1.